The molecule has 2 rings (SSSR count). The molecule has 1 aromatic rings. The lowest BCUT2D eigenvalue weighted by molar-refractivity contribution is 0.0657. The van der Waals surface area contributed by atoms with E-state index in [9.17, 15) is 0 Å². The fourth-order valence-electron chi connectivity index (χ4n) is 1.90. The second-order valence-electron chi connectivity index (χ2n) is 4.69. The Morgan fingerprint density at radius 2 is 2.12 bits per heavy atom. The van der Waals surface area contributed by atoms with Crippen LogP contribution in [0.3, 0.4) is 0 Å². The fraction of sp³-hybridized carbons (Fsp3) is 0.583. The first-order valence-electron chi connectivity index (χ1n) is 5.68. The van der Waals surface area contributed by atoms with Gasteiger partial charge in [0.2, 0.25) is 0 Å². The van der Waals surface area contributed by atoms with Crippen molar-refractivity contribution in [1.82, 2.24) is 4.98 Å². The van der Waals surface area contributed by atoms with Gasteiger partial charge in [-0.1, -0.05) is 0 Å². The highest BCUT2D eigenvalue weighted by Crippen LogP contribution is 2.28. The van der Waals surface area contributed by atoms with Crippen molar-refractivity contribution in [3.8, 4) is 0 Å². The molecular weight excluding hydrogens is 202 g/mol. The molecule has 1 aliphatic heterocycles. The minimum atomic E-state index is 0.0488. The lowest BCUT2D eigenvalue weighted by atomic mass is 9.92. The third-order valence-corrected chi connectivity index (χ3v) is 3.22. The fourth-order valence-corrected chi connectivity index (χ4v) is 1.90. The number of nitrogens with zero attached hydrogens (tertiary/aromatic N) is 1. The van der Waals surface area contributed by atoms with Crippen LogP contribution < -0.4 is 11.1 Å². The van der Waals surface area contributed by atoms with E-state index in [-0.39, 0.29) is 5.54 Å². The number of pyridine rings is 1. The normalized spacial score (nSPS) is 19.4. The summed E-state index contributed by atoms with van der Waals surface area (Å²) >= 11 is 0. The zero-order chi connectivity index (χ0) is 11.6. The number of nitrogens with two attached hydrogens (primary N) is 1. The molecule has 4 nitrogen and oxygen atoms in total. The Morgan fingerprint density at radius 3 is 2.81 bits per heavy atom. The molecule has 3 N–H and O–H groups in total. The van der Waals surface area contributed by atoms with Crippen LogP contribution in [0.1, 0.15) is 25.3 Å². The summed E-state index contributed by atoms with van der Waals surface area (Å²) in [6, 6.07) is 1.92. The molecule has 1 aliphatic rings. The van der Waals surface area contributed by atoms with E-state index in [1.807, 2.05) is 13.0 Å². The Kier molecular flexibility index (Phi) is 3.01. The van der Waals surface area contributed by atoms with Crippen molar-refractivity contribution < 1.29 is 4.74 Å². The average Bonchev–Trinajstić information content (AvgIpc) is 2.26. The van der Waals surface area contributed by atoms with Crippen LogP contribution in [0.4, 0.5) is 11.5 Å². The molecule has 0 aliphatic carbocycles. The summed E-state index contributed by atoms with van der Waals surface area (Å²) in [6.07, 6.45) is 3.76. The van der Waals surface area contributed by atoms with E-state index in [2.05, 4.69) is 17.2 Å². The van der Waals surface area contributed by atoms with Crippen molar-refractivity contribution in [2.75, 3.05) is 24.3 Å². The number of hydrogen-bond donors (Lipinski definition) is 2. The monoisotopic (exact) mass is 221 g/mol. The number of aryl methyl sites for hydroxylation is 1. The molecule has 2 heterocycles. The van der Waals surface area contributed by atoms with E-state index in [1.54, 1.807) is 6.20 Å². The largest absolute Gasteiger partial charge is 0.396 e. The summed E-state index contributed by atoms with van der Waals surface area (Å²) in [5, 5.41) is 3.45. The second-order valence-corrected chi connectivity index (χ2v) is 4.69. The maximum Gasteiger partial charge on any atom is 0.149 e. The number of nitrogens with one attached hydrogen (secondary N) is 1. The highest BCUT2D eigenvalue weighted by Gasteiger charge is 2.28. The van der Waals surface area contributed by atoms with Gasteiger partial charge in [0.1, 0.15) is 5.82 Å². The Morgan fingerprint density at radius 1 is 1.44 bits per heavy atom. The first-order chi connectivity index (χ1) is 7.61. The zero-order valence-electron chi connectivity index (χ0n) is 9.92. The lowest BCUT2D eigenvalue weighted by Crippen LogP contribution is -2.41. The second kappa shape index (κ2) is 4.29. The molecule has 0 unspecified atom stereocenters. The average molecular weight is 221 g/mol. The molecule has 1 fully saturated rings. The minimum Gasteiger partial charge on any atom is -0.396 e. The van der Waals surface area contributed by atoms with Crippen LogP contribution in [-0.4, -0.2) is 23.7 Å². The van der Waals surface area contributed by atoms with Gasteiger partial charge in [0.25, 0.3) is 0 Å². The zero-order valence-corrected chi connectivity index (χ0v) is 9.92. The summed E-state index contributed by atoms with van der Waals surface area (Å²) < 4.78 is 5.36. The molecule has 88 valence electrons. The van der Waals surface area contributed by atoms with Crippen molar-refractivity contribution in [2.24, 2.45) is 0 Å². The van der Waals surface area contributed by atoms with Gasteiger partial charge in [0, 0.05) is 24.9 Å². The van der Waals surface area contributed by atoms with Gasteiger partial charge in [-0.15, -0.1) is 0 Å². The summed E-state index contributed by atoms with van der Waals surface area (Å²) in [6.45, 7) is 5.79. The Labute approximate surface area is 96.2 Å². The Hall–Kier alpha value is -1.29. The molecular formula is C12H19N3O. The van der Waals surface area contributed by atoms with Crippen LogP contribution in [0.2, 0.25) is 0 Å². The summed E-state index contributed by atoms with van der Waals surface area (Å²) in [4.78, 5) is 4.30. The van der Waals surface area contributed by atoms with Crippen LogP contribution in [-0.2, 0) is 4.74 Å². The maximum absolute atomic E-state index is 6.00. The maximum atomic E-state index is 6.00. The number of rotatable bonds is 2. The van der Waals surface area contributed by atoms with Crippen molar-refractivity contribution in [1.29, 1.82) is 0 Å². The van der Waals surface area contributed by atoms with Crippen LogP contribution in [0.15, 0.2) is 12.3 Å². The molecule has 0 amide bonds. The smallest absolute Gasteiger partial charge is 0.149 e. The van der Waals surface area contributed by atoms with Gasteiger partial charge < -0.3 is 15.8 Å². The van der Waals surface area contributed by atoms with E-state index in [1.165, 1.54) is 0 Å². The van der Waals surface area contributed by atoms with Gasteiger partial charge in [-0.05, 0) is 38.3 Å². The standard InChI is InChI=1S/C12H19N3O/c1-9-3-6-14-11(10(9)13)15-12(2)4-7-16-8-5-12/h3,6H,4-5,7-8,13H2,1-2H3,(H,14,15). The third kappa shape index (κ3) is 2.27. The number of aromatic nitrogens is 1. The van der Waals surface area contributed by atoms with E-state index in [0.717, 1.165) is 43.1 Å². The van der Waals surface area contributed by atoms with E-state index in [4.69, 9.17) is 10.5 Å². The van der Waals surface area contributed by atoms with Gasteiger partial charge in [0.15, 0.2) is 0 Å². The molecule has 4 heteroatoms. The first kappa shape index (κ1) is 11.2. The van der Waals surface area contributed by atoms with Gasteiger partial charge >= 0.3 is 0 Å². The highest BCUT2D eigenvalue weighted by atomic mass is 16.5. The predicted octanol–water partition coefficient (Wildman–Crippen LogP) is 1.95. The summed E-state index contributed by atoms with van der Waals surface area (Å²) in [5.41, 5.74) is 7.86. The predicted molar refractivity (Wildman–Crippen MR) is 65.5 cm³/mol. The SMILES string of the molecule is Cc1ccnc(NC2(C)CCOCC2)c1N. The quantitative estimate of drug-likeness (QED) is 0.801. The van der Waals surface area contributed by atoms with Crippen molar-refractivity contribution in [3.05, 3.63) is 17.8 Å². The van der Waals surface area contributed by atoms with E-state index >= 15 is 0 Å². The molecule has 0 radical (unpaired) electrons. The Bertz CT molecular complexity index is 373. The highest BCUT2D eigenvalue weighted by molar-refractivity contribution is 5.65. The molecule has 16 heavy (non-hydrogen) atoms. The van der Waals surface area contributed by atoms with Crippen molar-refractivity contribution in [2.45, 2.75) is 32.2 Å². The minimum absolute atomic E-state index is 0.0488. The van der Waals surface area contributed by atoms with Gasteiger partial charge in [-0.25, -0.2) is 4.98 Å². The molecule has 0 aromatic carbocycles. The number of anilines is 2. The molecule has 1 saturated heterocycles. The first-order valence-corrected chi connectivity index (χ1v) is 5.68. The van der Waals surface area contributed by atoms with Crippen LogP contribution >= 0.6 is 0 Å². The Balaban J connectivity index is 2.16. The van der Waals surface area contributed by atoms with E-state index < -0.39 is 0 Å². The summed E-state index contributed by atoms with van der Waals surface area (Å²) in [5.74, 6) is 0.796. The number of hydrogen-bond acceptors (Lipinski definition) is 4. The molecule has 0 atom stereocenters. The van der Waals surface area contributed by atoms with Crippen LogP contribution in [0.5, 0.6) is 0 Å². The topological polar surface area (TPSA) is 60.2 Å². The molecule has 0 saturated carbocycles. The van der Waals surface area contributed by atoms with Gasteiger partial charge in [-0.3, -0.25) is 0 Å². The number of nitrogen functional groups attached to an aromatic ring is 1. The van der Waals surface area contributed by atoms with E-state index in [0.29, 0.717) is 0 Å². The molecule has 0 spiro atoms. The number of ether oxygens (including phenoxy) is 1. The van der Waals surface area contributed by atoms with Crippen molar-refractivity contribution in [3.63, 3.8) is 0 Å². The summed E-state index contributed by atoms with van der Waals surface area (Å²) in [7, 11) is 0. The third-order valence-electron chi connectivity index (χ3n) is 3.22. The van der Waals surface area contributed by atoms with Gasteiger partial charge in [-0.2, -0.15) is 0 Å². The van der Waals surface area contributed by atoms with Crippen LogP contribution in [0, 0.1) is 6.92 Å². The molecule has 1 aromatic heterocycles. The van der Waals surface area contributed by atoms with Crippen molar-refractivity contribution >= 4 is 11.5 Å². The lowest BCUT2D eigenvalue weighted by Gasteiger charge is -2.35. The molecule has 0 bridgehead atoms. The van der Waals surface area contributed by atoms with Gasteiger partial charge in [0.05, 0.1) is 5.69 Å². The van der Waals surface area contributed by atoms with Crippen LogP contribution in [0.25, 0.3) is 0 Å².